The number of nitrogens with zero attached hydrogens (tertiary/aromatic N) is 1. The highest BCUT2D eigenvalue weighted by atomic mass is 32.2. The first-order chi connectivity index (χ1) is 8.77. The summed E-state index contributed by atoms with van der Waals surface area (Å²) in [6.07, 6.45) is 2.91. The van der Waals surface area contributed by atoms with Gasteiger partial charge in [-0.15, -0.1) is 11.3 Å². The summed E-state index contributed by atoms with van der Waals surface area (Å²) >= 11 is 1.65. The molecule has 0 spiro atoms. The highest BCUT2D eigenvalue weighted by Gasteiger charge is 2.22. The zero-order valence-electron chi connectivity index (χ0n) is 11.1. The molecule has 0 bridgehead atoms. The molecule has 0 radical (unpaired) electrons. The van der Waals surface area contributed by atoms with Gasteiger partial charge in [0.05, 0.1) is 6.26 Å². The van der Waals surface area contributed by atoms with Gasteiger partial charge in [0.25, 0.3) is 0 Å². The minimum atomic E-state index is -3.23. The normalized spacial score (nSPS) is 12.8. The summed E-state index contributed by atoms with van der Waals surface area (Å²) in [5.74, 6) is 0.780. The van der Waals surface area contributed by atoms with E-state index in [-0.39, 0.29) is 0 Å². The average Bonchev–Trinajstić information content (AvgIpc) is 2.71. The van der Waals surface area contributed by atoms with Gasteiger partial charge in [0, 0.05) is 28.4 Å². The summed E-state index contributed by atoms with van der Waals surface area (Å²) in [5.41, 5.74) is -0.576. The molecule has 0 fully saturated rings. The van der Waals surface area contributed by atoms with Crippen LogP contribution >= 0.6 is 11.3 Å². The van der Waals surface area contributed by atoms with Gasteiger partial charge in [-0.2, -0.15) is 0 Å². The number of hydrogen-bond acceptors (Lipinski definition) is 5. The van der Waals surface area contributed by atoms with Crippen LogP contribution in [-0.2, 0) is 10.0 Å². The summed E-state index contributed by atoms with van der Waals surface area (Å²) < 4.78 is 26.3. The Balaban J connectivity index is 2.12. The fourth-order valence-electron chi connectivity index (χ4n) is 1.88. The molecular weight excluding hydrogens is 282 g/mol. The SMILES string of the molecule is CC(C)(CNc1nccc2sccc12)NS(C)(=O)=O. The topological polar surface area (TPSA) is 71.1 Å². The van der Waals surface area contributed by atoms with Crippen molar-refractivity contribution >= 4 is 37.3 Å². The van der Waals surface area contributed by atoms with Crippen LogP contribution in [0.3, 0.4) is 0 Å². The summed E-state index contributed by atoms with van der Waals surface area (Å²) in [6, 6.07) is 3.97. The van der Waals surface area contributed by atoms with Gasteiger partial charge in [0.15, 0.2) is 0 Å². The molecule has 2 aromatic heterocycles. The van der Waals surface area contributed by atoms with Crippen molar-refractivity contribution in [2.45, 2.75) is 19.4 Å². The van der Waals surface area contributed by atoms with Crippen molar-refractivity contribution in [1.29, 1.82) is 0 Å². The molecule has 104 valence electrons. The lowest BCUT2D eigenvalue weighted by Gasteiger charge is -2.25. The zero-order valence-corrected chi connectivity index (χ0v) is 12.7. The van der Waals surface area contributed by atoms with E-state index in [0.717, 1.165) is 22.2 Å². The molecule has 0 unspecified atom stereocenters. The maximum absolute atomic E-state index is 11.3. The molecule has 0 aromatic carbocycles. The minimum absolute atomic E-state index is 0.460. The van der Waals surface area contributed by atoms with Crippen LogP contribution in [0.1, 0.15) is 13.8 Å². The number of fused-ring (bicyclic) bond motifs is 1. The lowest BCUT2D eigenvalue weighted by molar-refractivity contribution is 0.476. The molecule has 2 heterocycles. The Morgan fingerprint density at radius 1 is 1.37 bits per heavy atom. The number of pyridine rings is 1. The Morgan fingerprint density at radius 3 is 2.79 bits per heavy atom. The second kappa shape index (κ2) is 5.07. The molecule has 0 aliphatic rings. The van der Waals surface area contributed by atoms with Crippen LogP contribution in [0.2, 0.25) is 0 Å². The van der Waals surface area contributed by atoms with Crippen LogP contribution in [0.4, 0.5) is 5.82 Å². The Bertz CT molecular complexity index is 677. The smallest absolute Gasteiger partial charge is 0.209 e. The second-order valence-corrected chi connectivity index (χ2v) is 7.80. The van der Waals surface area contributed by atoms with Crippen molar-refractivity contribution < 1.29 is 8.42 Å². The minimum Gasteiger partial charge on any atom is -0.368 e. The summed E-state index contributed by atoms with van der Waals surface area (Å²) in [6.45, 7) is 4.12. The Kier molecular flexibility index (Phi) is 3.80. The molecule has 5 nitrogen and oxygen atoms in total. The predicted octanol–water partition coefficient (Wildman–Crippen LogP) is 2.04. The molecular formula is C12H17N3O2S2. The average molecular weight is 299 g/mol. The lowest BCUT2D eigenvalue weighted by atomic mass is 10.1. The monoisotopic (exact) mass is 299 g/mol. The van der Waals surface area contributed by atoms with Crippen LogP contribution < -0.4 is 10.0 Å². The maximum atomic E-state index is 11.3. The quantitative estimate of drug-likeness (QED) is 0.886. The van der Waals surface area contributed by atoms with Gasteiger partial charge in [-0.05, 0) is 31.4 Å². The van der Waals surface area contributed by atoms with E-state index in [1.165, 1.54) is 0 Å². The Hall–Kier alpha value is -1.18. The van der Waals surface area contributed by atoms with Crippen LogP contribution in [-0.4, -0.2) is 31.7 Å². The van der Waals surface area contributed by atoms with Crippen LogP contribution in [0.5, 0.6) is 0 Å². The summed E-state index contributed by atoms with van der Waals surface area (Å²) in [5, 5.41) is 6.27. The first kappa shape index (κ1) is 14.2. The number of anilines is 1. The number of hydrogen-bond donors (Lipinski definition) is 2. The van der Waals surface area contributed by atoms with Gasteiger partial charge in [0.1, 0.15) is 5.82 Å². The Labute approximate surface area is 117 Å². The van der Waals surface area contributed by atoms with Gasteiger partial charge in [-0.3, -0.25) is 0 Å². The molecule has 2 aromatic rings. The molecule has 2 N–H and O–H groups in total. The molecule has 0 saturated carbocycles. The standard InChI is InChI=1S/C12H17N3O2S2/c1-12(2,15-19(3,16)17)8-14-11-9-5-7-18-10(9)4-6-13-11/h4-7,15H,8H2,1-3H3,(H,13,14). The predicted molar refractivity (Wildman–Crippen MR) is 80.2 cm³/mol. The molecule has 0 atom stereocenters. The van der Waals surface area contributed by atoms with Gasteiger partial charge in [0.2, 0.25) is 10.0 Å². The first-order valence-electron chi connectivity index (χ1n) is 5.82. The van der Waals surface area contributed by atoms with Crippen LogP contribution in [0.15, 0.2) is 23.7 Å². The van der Waals surface area contributed by atoms with Gasteiger partial charge < -0.3 is 5.32 Å². The number of rotatable bonds is 5. The van der Waals surface area contributed by atoms with Crippen molar-refractivity contribution in [3.63, 3.8) is 0 Å². The van der Waals surface area contributed by atoms with E-state index in [9.17, 15) is 8.42 Å². The fraction of sp³-hybridized carbons (Fsp3) is 0.417. The molecule has 0 saturated heterocycles. The first-order valence-corrected chi connectivity index (χ1v) is 8.59. The van der Waals surface area contributed by atoms with Crippen molar-refractivity contribution in [3.05, 3.63) is 23.7 Å². The largest absolute Gasteiger partial charge is 0.368 e. The maximum Gasteiger partial charge on any atom is 0.209 e. The van der Waals surface area contributed by atoms with Gasteiger partial charge >= 0.3 is 0 Å². The van der Waals surface area contributed by atoms with Crippen LogP contribution in [0, 0.1) is 0 Å². The third-order valence-electron chi connectivity index (χ3n) is 2.54. The molecule has 2 rings (SSSR count). The van der Waals surface area contributed by atoms with Crippen molar-refractivity contribution in [2.24, 2.45) is 0 Å². The highest BCUT2D eigenvalue weighted by Crippen LogP contribution is 2.25. The molecule has 0 aliphatic heterocycles. The number of nitrogens with one attached hydrogen (secondary N) is 2. The molecule has 19 heavy (non-hydrogen) atoms. The fourth-order valence-corrected chi connectivity index (χ4v) is 3.74. The van der Waals surface area contributed by atoms with E-state index in [1.54, 1.807) is 17.5 Å². The van der Waals surface area contributed by atoms with E-state index in [0.29, 0.717) is 6.54 Å². The van der Waals surface area contributed by atoms with E-state index in [2.05, 4.69) is 15.0 Å². The van der Waals surface area contributed by atoms with E-state index in [4.69, 9.17) is 0 Å². The van der Waals surface area contributed by atoms with E-state index < -0.39 is 15.6 Å². The van der Waals surface area contributed by atoms with Crippen molar-refractivity contribution in [3.8, 4) is 0 Å². The second-order valence-electron chi connectivity index (χ2n) is 5.10. The van der Waals surface area contributed by atoms with Gasteiger partial charge in [-0.25, -0.2) is 18.1 Å². The van der Waals surface area contributed by atoms with E-state index in [1.807, 2.05) is 31.4 Å². The Morgan fingerprint density at radius 2 is 2.11 bits per heavy atom. The third kappa shape index (κ3) is 3.89. The molecule has 0 amide bonds. The third-order valence-corrected chi connectivity index (χ3v) is 4.34. The molecule has 0 aliphatic carbocycles. The summed E-state index contributed by atoms with van der Waals surface area (Å²) in [7, 11) is -3.23. The number of thiophene rings is 1. The lowest BCUT2D eigenvalue weighted by Crippen LogP contribution is -2.47. The summed E-state index contributed by atoms with van der Waals surface area (Å²) in [4.78, 5) is 4.30. The van der Waals surface area contributed by atoms with E-state index >= 15 is 0 Å². The molecule has 7 heteroatoms. The number of aromatic nitrogens is 1. The highest BCUT2D eigenvalue weighted by molar-refractivity contribution is 7.88. The zero-order chi connectivity index (χ0) is 14.1. The van der Waals surface area contributed by atoms with Gasteiger partial charge in [-0.1, -0.05) is 0 Å². The van der Waals surface area contributed by atoms with Crippen molar-refractivity contribution in [1.82, 2.24) is 9.71 Å². The number of sulfonamides is 1. The van der Waals surface area contributed by atoms with Crippen molar-refractivity contribution in [2.75, 3.05) is 18.1 Å². The van der Waals surface area contributed by atoms with Crippen LogP contribution in [0.25, 0.3) is 10.1 Å².